The van der Waals surface area contributed by atoms with Crippen LogP contribution in [-0.2, 0) is 0 Å². The molecular formula is C14H16F4O. The van der Waals surface area contributed by atoms with Crippen LogP contribution in [0.1, 0.15) is 37.4 Å². The Morgan fingerprint density at radius 3 is 2.37 bits per heavy atom. The van der Waals surface area contributed by atoms with Crippen LogP contribution in [-0.4, -0.2) is 11.3 Å². The minimum absolute atomic E-state index is 0.0136. The second-order valence-corrected chi connectivity index (χ2v) is 5.06. The van der Waals surface area contributed by atoms with Crippen molar-refractivity contribution in [2.24, 2.45) is 11.8 Å². The fraction of sp³-hybridized carbons (Fsp3) is 0.571. The number of rotatable bonds is 2. The largest absolute Gasteiger partial charge is 0.392 e. The summed E-state index contributed by atoms with van der Waals surface area (Å²) in [5.74, 6) is -3.15. The van der Waals surface area contributed by atoms with Gasteiger partial charge in [-0.25, -0.2) is 4.39 Å². The first-order valence-electron chi connectivity index (χ1n) is 6.40. The molecule has 1 nitrogen and oxygen atoms in total. The number of benzene rings is 1. The average Bonchev–Trinajstić information content (AvgIpc) is 2.37. The third-order valence-corrected chi connectivity index (χ3v) is 3.87. The van der Waals surface area contributed by atoms with Crippen molar-refractivity contribution in [2.75, 3.05) is 0 Å². The summed E-state index contributed by atoms with van der Waals surface area (Å²) < 4.78 is 52.5. The molecule has 0 aromatic heterocycles. The van der Waals surface area contributed by atoms with E-state index in [-0.39, 0.29) is 18.4 Å². The van der Waals surface area contributed by atoms with E-state index in [2.05, 4.69) is 0 Å². The van der Waals surface area contributed by atoms with Crippen LogP contribution in [0.4, 0.5) is 17.6 Å². The van der Waals surface area contributed by atoms with Crippen LogP contribution < -0.4 is 0 Å². The van der Waals surface area contributed by atoms with Gasteiger partial charge in [0.15, 0.2) is 0 Å². The zero-order valence-corrected chi connectivity index (χ0v) is 10.3. The quantitative estimate of drug-likeness (QED) is 0.801. The molecule has 0 radical (unpaired) electrons. The lowest BCUT2D eigenvalue weighted by Crippen LogP contribution is -2.36. The molecule has 3 atom stereocenters. The van der Waals surface area contributed by atoms with Crippen LogP contribution in [0.25, 0.3) is 0 Å². The maximum absolute atomic E-state index is 13.6. The Kier molecular flexibility index (Phi) is 4.13. The molecule has 1 N–H and O–H groups in total. The van der Waals surface area contributed by atoms with E-state index in [1.807, 2.05) is 0 Å². The van der Waals surface area contributed by atoms with Gasteiger partial charge in [0.1, 0.15) is 5.82 Å². The molecule has 3 unspecified atom stereocenters. The fourth-order valence-electron chi connectivity index (χ4n) is 2.89. The van der Waals surface area contributed by atoms with Crippen LogP contribution in [0.3, 0.4) is 0 Å². The molecular weight excluding hydrogens is 260 g/mol. The minimum atomic E-state index is -4.34. The normalized spacial score (nSPS) is 26.2. The predicted molar refractivity (Wildman–Crippen MR) is 62.9 cm³/mol. The van der Waals surface area contributed by atoms with E-state index in [9.17, 15) is 22.7 Å². The Bertz CT molecular complexity index is 430. The van der Waals surface area contributed by atoms with E-state index in [0.29, 0.717) is 12.8 Å². The number of hydrogen-bond acceptors (Lipinski definition) is 1. The highest BCUT2D eigenvalue weighted by Gasteiger charge is 2.48. The first kappa shape index (κ1) is 14.3. The highest BCUT2D eigenvalue weighted by atomic mass is 19.4. The van der Waals surface area contributed by atoms with Gasteiger partial charge >= 0.3 is 6.18 Å². The first-order chi connectivity index (χ1) is 8.91. The maximum Gasteiger partial charge on any atom is 0.392 e. The molecule has 106 valence electrons. The van der Waals surface area contributed by atoms with Crippen LogP contribution in [0.5, 0.6) is 0 Å². The van der Waals surface area contributed by atoms with Crippen molar-refractivity contribution in [3.05, 3.63) is 35.6 Å². The van der Waals surface area contributed by atoms with E-state index < -0.39 is 29.9 Å². The number of aliphatic hydroxyl groups excluding tert-OH is 1. The predicted octanol–water partition coefficient (Wildman–Crippen LogP) is 4.23. The molecule has 0 heterocycles. The standard InChI is InChI=1S/C14H16F4O/c15-12-8-4-2-6-10(12)13(19)9-5-1-3-7-11(9)14(16,17)18/h2,4,6,8-9,11,13,19H,1,3,5,7H2. The molecule has 0 spiro atoms. The lowest BCUT2D eigenvalue weighted by atomic mass is 9.74. The smallest absolute Gasteiger partial charge is 0.388 e. The molecule has 2 rings (SSSR count). The molecule has 1 aliphatic carbocycles. The molecule has 1 aromatic carbocycles. The van der Waals surface area contributed by atoms with Crippen molar-refractivity contribution < 1.29 is 22.7 Å². The van der Waals surface area contributed by atoms with E-state index in [0.717, 1.165) is 6.07 Å². The van der Waals surface area contributed by atoms with Crippen molar-refractivity contribution >= 4 is 0 Å². The fourth-order valence-corrected chi connectivity index (χ4v) is 2.89. The van der Waals surface area contributed by atoms with Crippen molar-refractivity contribution in [3.63, 3.8) is 0 Å². The molecule has 0 bridgehead atoms. The zero-order valence-electron chi connectivity index (χ0n) is 10.3. The SMILES string of the molecule is OC(c1ccccc1F)C1CCCCC1C(F)(F)F. The van der Waals surface area contributed by atoms with Gasteiger partial charge in [-0.2, -0.15) is 13.2 Å². The van der Waals surface area contributed by atoms with E-state index >= 15 is 0 Å². The summed E-state index contributed by atoms with van der Waals surface area (Å²) in [6.07, 6.45) is -4.29. The highest BCUT2D eigenvalue weighted by Crippen LogP contribution is 2.46. The maximum atomic E-state index is 13.6. The summed E-state index contributed by atoms with van der Waals surface area (Å²) in [6, 6.07) is 5.48. The number of halogens is 4. The monoisotopic (exact) mass is 276 g/mol. The van der Waals surface area contributed by atoms with Gasteiger partial charge < -0.3 is 5.11 Å². The third-order valence-electron chi connectivity index (χ3n) is 3.87. The molecule has 0 saturated heterocycles. The molecule has 5 heteroatoms. The lowest BCUT2D eigenvalue weighted by molar-refractivity contribution is -0.207. The Hall–Kier alpha value is -1.10. The summed E-state index contributed by atoms with van der Waals surface area (Å²) >= 11 is 0. The van der Waals surface area contributed by atoms with Crippen molar-refractivity contribution in [1.29, 1.82) is 0 Å². The van der Waals surface area contributed by atoms with E-state index in [4.69, 9.17) is 0 Å². The second-order valence-electron chi connectivity index (χ2n) is 5.06. The minimum Gasteiger partial charge on any atom is -0.388 e. The molecule has 1 aliphatic rings. The average molecular weight is 276 g/mol. The number of hydrogen-bond donors (Lipinski definition) is 1. The second kappa shape index (κ2) is 5.49. The van der Waals surface area contributed by atoms with Gasteiger partial charge in [-0.1, -0.05) is 31.0 Å². The zero-order chi connectivity index (χ0) is 14.0. The van der Waals surface area contributed by atoms with E-state index in [1.165, 1.54) is 18.2 Å². The number of alkyl halides is 3. The Labute approximate surface area is 109 Å². The van der Waals surface area contributed by atoms with Gasteiger partial charge in [0.25, 0.3) is 0 Å². The summed E-state index contributed by atoms with van der Waals surface area (Å²) in [4.78, 5) is 0. The summed E-state index contributed by atoms with van der Waals surface area (Å²) in [7, 11) is 0. The van der Waals surface area contributed by atoms with Crippen LogP contribution in [0.2, 0.25) is 0 Å². The molecule has 1 saturated carbocycles. The highest BCUT2D eigenvalue weighted by molar-refractivity contribution is 5.20. The van der Waals surface area contributed by atoms with Crippen molar-refractivity contribution in [1.82, 2.24) is 0 Å². The van der Waals surface area contributed by atoms with Crippen LogP contribution in [0.15, 0.2) is 24.3 Å². The number of aliphatic hydroxyl groups is 1. The molecule has 0 aliphatic heterocycles. The molecule has 1 fully saturated rings. The summed E-state index contributed by atoms with van der Waals surface area (Å²) in [5.41, 5.74) is -0.0383. The van der Waals surface area contributed by atoms with Gasteiger partial charge in [-0.3, -0.25) is 0 Å². The summed E-state index contributed by atoms with van der Waals surface area (Å²) in [5, 5.41) is 10.1. The Balaban J connectivity index is 2.25. The van der Waals surface area contributed by atoms with Gasteiger partial charge in [0.05, 0.1) is 12.0 Å². The first-order valence-corrected chi connectivity index (χ1v) is 6.40. The van der Waals surface area contributed by atoms with Gasteiger partial charge in [-0.05, 0) is 18.9 Å². The van der Waals surface area contributed by atoms with Crippen molar-refractivity contribution in [2.45, 2.75) is 38.0 Å². The van der Waals surface area contributed by atoms with Crippen molar-refractivity contribution in [3.8, 4) is 0 Å². The molecule has 1 aromatic rings. The van der Waals surface area contributed by atoms with Gasteiger partial charge in [0, 0.05) is 11.5 Å². The molecule has 19 heavy (non-hydrogen) atoms. The van der Waals surface area contributed by atoms with Crippen LogP contribution in [0, 0.1) is 17.7 Å². The third kappa shape index (κ3) is 3.08. The van der Waals surface area contributed by atoms with Gasteiger partial charge in [-0.15, -0.1) is 0 Å². The molecule has 0 amide bonds. The van der Waals surface area contributed by atoms with E-state index in [1.54, 1.807) is 0 Å². The topological polar surface area (TPSA) is 20.2 Å². The van der Waals surface area contributed by atoms with Gasteiger partial charge in [0.2, 0.25) is 0 Å². The Morgan fingerprint density at radius 1 is 1.11 bits per heavy atom. The Morgan fingerprint density at radius 2 is 1.74 bits per heavy atom. The lowest BCUT2D eigenvalue weighted by Gasteiger charge is -2.36. The van der Waals surface area contributed by atoms with Crippen LogP contribution >= 0.6 is 0 Å². The summed E-state index contributed by atoms with van der Waals surface area (Å²) in [6.45, 7) is 0.